The zero-order chi connectivity index (χ0) is 11.8. The molecule has 0 aliphatic heterocycles. The summed E-state index contributed by atoms with van der Waals surface area (Å²) in [6, 6.07) is 0. The van der Waals surface area contributed by atoms with Gasteiger partial charge < -0.3 is 10.6 Å². The molecule has 0 aromatic rings. The van der Waals surface area contributed by atoms with Crippen LogP contribution >= 0.6 is 0 Å². The predicted octanol–water partition coefficient (Wildman–Crippen LogP) is 2.27. The van der Waals surface area contributed by atoms with E-state index >= 15 is 0 Å². The second-order valence-electron chi connectivity index (χ2n) is 4.67. The summed E-state index contributed by atoms with van der Waals surface area (Å²) in [6.45, 7) is 8.50. The number of rotatable bonds is 6. The van der Waals surface area contributed by atoms with Gasteiger partial charge in [0.25, 0.3) is 0 Å². The summed E-state index contributed by atoms with van der Waals surface area (Å²) in [5.41, 5.74) is 6.05. The van der Waals surface area contributed by atoms with Gasteiger partial charge in [-0.15, -0.1) is 0 Å². The SMILES string of the molecule is CCN(CC)CCN=C(N)C1CCCCC1. The molecule has 1 aliphatic carbocycles. The standard InChI is InChI=1S/C13H27N3/c1-3-16(4-2)11-10-15-13(14)12-8-6-5-7-9-12/h12H,3-11H2,1-2H3,(H2,14,15). The molecule has 94 valence electrons. The van der Waals surface area contributed by atoms with Gasteiger partial charge >= 0.3 is 0 Å². The lowest BCUT2D eigenvalue weighted by Gasteiger charge is -2.21. The highest BCUT2D eigenvalue weighted by molar-refractivity contribution is 5.82. The summed E-state index contributed by atoms with van der Waals surface area (Å²) in [5, 5.41) is 0. The van der Waals surface area contributed by atoms with Crippen molar-refractivity contribution in [1.82, 2.24) is 4.90 Å². The molecule has 0 unspecified atom stereocenters. The molecule has 0 aromatic carbocycles. The summed E-state index contributed by atoms with van der Waals surface area (Å²) in [5.74, 6) is 1.48. The van der Waals surface area contributed by atoms with Crippen LogP contribution in [0.1, 0.15) is 46.0 Å². The lowest BCUT2D eigenvalue weighted by molar-refractivity contribution is 0.312. The molecule has 3 heteroatoms. The Balaban J connectivity index is 2.26. The summed E-state index contributed by atoms with van der Waals surface area (Å²) >= 11 is 0. The molecule has 1 aliphatic rings. The molecule has 16 heavy (non-hydrogen) atoms. The van der Waals surface area contributed by atoms with Gasteiger partial charge in [0.2, 0.25) is 0 Å². The van der Waals surface area contributed by atoms with Crippen molar-refractivity contribution in [3.63, 3.8) is 0 Å². The molecular formula is C13H27N3. The van der Waals surface area contributed by atoms with Crippen molar-refractivity contribution in [3.8, 4) is 0 Å². The minimum atomic E-state index is 0.574. The highest BCUT2D eigenvalue weighted by atomic mass is 15.1. The number of amidine groups is 1. The molecule has 2 N–H and O–H groups in total. The maximum absolute atomic E-state index is 6.05. The first-order chi connectivity index (χ1) is 7.77. The highest BCUT2D eigenvalue weighted by Crippen LogP contribution is 2.23. The fourth-order valence-corrected chi connectivity index (χ4v) is 2.39. The second-order valence-corrected chi connectivity index (χ2v) is 4.67. The first-order valence-electron chi connectivity index (χ1n) is 6.80. The van der Waals surface area contributed by atoms with E-state index in [0.29, 0.717) is 5.92 Å². The molecule has 0 radical (unpaired) electrons. The van der Waals surface area contributed by atoms with E-state index in [2.05, 4.69) is 23.7 Å². The first-order valence-corrected chi connectivity index (χ1v) is 6.80. The van der Waals surface area contributed by atoms with Crippen LogP contribution in [0.15, 0.2) is 4.99 Å². The smallest absolute Gasteiger partial charge is 0.0968 e. The van der Waals surface area contributed by atoms with E-state index in [0.717, 1.165) is 32.0 Å². The topological polar surface area (TPSA) is 41.6 Å². The zero-order valence-electron chi connectivity index (χ0n) is 10.9. The van der Waals surface area contributed by atoms with E-state index in [-0.39, 0.29) is 0 Å². The van der Waals surface area contributed by atoms with Crippen LogP contribution in [0.25, 0.3) is 0 Å². The second kappa shape index (κ2) is 7.66. The Morgan fingerprint density at radius 1 is 1.19 bits per heavy atom. The van der Waals surface area contributed by atoms with Gasteiger partial charge in [-0.2, -0.15) is 0 Å². The molecule has 0 heterocycles. The van der Waals surface area contributed by atoms with E-state index in [1.807, 2.05) is 0 Å². The van der Waals surface area contributed by atoms with Crippen molar-refractivity contribution >= 4 is 5.84 Å². The van der Waals surface area contributed by atoms with Gasteiger partial charge in [0, 0.05) is 12.5 Å². The fourth-order valence-electron chi connectivity index (χ4n) is 2.39. The maximum Gasteiger partial charge on any atom is 0.0968 e. The van der Waals surface area contributed by atoms with Crippen LogP contribution in [0.2, 0.25) is 0 Å². The van der Waals surface area contributed by atoms with Crippen LogP contribution in [-0.4, -0.2) is 36.9 Å². The van der Waals surface area contributed by atoms with E-state index < -0.39 is 0 Å². The van der Waals surface area contributed by atoms with Crippen LogP contribution in [-0.2, 0) is 0 Å². The van der Waals surface area contributed by atoms with Crippen molar-refractivity contribution in [2.45, 2.75) is 46.0 Å². The number of hydrogen-bond acceptors (Lipinski definition) is 2. The number of hydrogen-bond donors (Lipinski definition) is 1. The van der Waals surface area contributed by atoms with E-state index in [1.54, 1.807) is 0 Å². The molecule has 0 aromatic heterocycles. The van der Waals surface area contributed by atoms with Gasteiger partial charge in [-0.05, 0) is 25.9 Å². The average Bonchev–Trinajstić information content (AvgIpc) is 2.35. The van der Waals surface area contributed by atoms with Gasteiger partial charge in [-0.25, -0.2) is 0 Å². The van der Waals surface area contributed by atoms with Crippen molar-refractivity contribution in [3.05, 3.63) is 0 Å². The quantitative estimate of drug-likeness (QED) is 0.556. The van der Waals surface area contributed by atoms with Gasteiger partial charge in [-0.1, -0.05) is 33.1 Å². The van der Waals surface area contributed by atoms with Crippen molar-refractivity contribution in [2.75, 3.05) is 26.2 Å². The van der Waals surface area contributed by atoms with Crippen molar-refractivity contribution in [1.29, 1.82) is 0 Å². The Morgan fingerprint density at radius 3 is 2.38 bits per heavy atom. The Labute approximate surface area is 100 Å². The fraction of sp³-hybridized carbons (Fsp3) is 0.923. The molecule has 0 atom stereocenters. The first kappa shape index (κ1) is 13.5. The third-order valence-corrected chi connectivity index (χ3v) is 3.63. The summed E-state index contributed by atoms with van der Waals surface area (Å²) < 4.78 is 0. The Hall–Kier alpha value is -0.570. The largest absolute Gasteiger partial charge is 0.387 e. The lowest BCUT2D eigenvalue weighted by atomic mass is 9.88. The van der Waals surface area contributed by atoms with Crippen LogP contribution in [0.3, 0.4) is 0 Å². The average molecular weight is 225 g/mol. The number of aliphatic imine (C=N–C) groups is 1. The maximum atomic E-state index is 6.05. The molecule has 0 saturated heterocycles. The highest BCUT2D eigenvalue weighted by Gasteiger charge is 2.16. The molecule has 1 saturated carbocycles. The minimum absolute atomic E-state index is 0.574. The molecular weight excluding hydrogens is 198 g/mol. The van der Waals surface area contributed by atoms with Crippen molar-refractivity contribution < 1.29 is 0 Å². The molecule has 1 fully saturated rings. The van der Waals surface area contributed by atoms with Crippen LogP contribution in [0.5, 0.6) is 0 Å². The Bertz CT molecular complexity index is 203. The van der Waals surface area contributed by atoms with Crippen LogP contribution in [0.4, 0.5) is 0 Å². The van der Waals surface area contributed by atoms with Gasteiger partial charge in [-0.3, -0.25) is 4.99 Å². The Kier molecular flexibility index (Phi) is 6.46. The predicted molar refractivity (Wildman–Crippen MR) is 70.9 cm³/mol. The number of nitrogens with two attached hydrogens (primary N) is 1. The monoisotopic (exact) mass is 225 g/mol. The molecule has 0 bridgehead atoms. The summed E-state index contributed by atoms with van der Waals surface area (Å²) in [4.78, 5) is 6.92. The van der Waals surface area contributed by atoms with E-state index in [1.165, 1.54) is 32.1 Å². The normalized spacial score (nSPS) is 19.3. The molecule has 0 amide bonds. The zero-order valence-corrected chi connectivity index (χ0v) is 10.9. The van der Waals surface area contributed by atoms with Crippen LogP contribution < -0.4 is 5.73 Å². The Morgan fingerprint density at radius 2 is 1.81 bits per heavy atom. The van der Waals surface area contributed by atoms with Gasteiger partial charge in [0.05, 0.1) is 12.4 Å². The third-order valence-electron chi connectivity index (χ3n) is 3.63. The minimum Gasteiger partial charge on any atom is -0.387 e. The summed E-state index contributed by atoms with van der Waals surface area (Å²) in [7, 11) is 0. The number of likely N-dealkylation sites (N-methyl/N-ethyl adjacent to an activating group) is 1. The lowest BCUT2D eigenvalue weighted by Crippen LogP contribution is -2.29. The van der Waals surface area contributed by atoms with E-state index in [4.69, 9.17) is 5.73 Å². The van der Waals surface area contributed by atoms with Crippen molar-refractivity contribution in [2.24, 2.45) is 16.6 Å². The van der Waals surface area contributed by atoms with Gasteiger partial charge in [0.1, 0.15) is 0 Å². The summed E-state index contributed by atoms with van der Waals surface area (Å²) in [6.07, 6.45) is 6.54. The van der Waals surface area contributed by atoms with Gasteiger partial charge in [0.15, 0.2) is 0 Å². The molecule has 1 rings (SSSR count). The molecule has 0 spiro atoms. The number of nitrogens with zero attached hydrogens (tertiary/aromatic N) is 2. The van der Waals surface area contributed by atoms with Crippen LogP contribution in [0, 0.1) is 5.92 Å². The third kappa shape index (κ3) is 4.52. The van der Waals surface area contributed by atoms with E-state index in [9.17, 15) is 0 Å². The molecule has 3 nitrogen and oxygen atoms in total.